The highest BCUT2D eigenvalue weighted by Crippen LogP contribution is 2.31. The van der Waals surface area contributed by atoms with Gasteiger partial charge >= 0.3 is 6.09 Å². The monoisotopic (exact) mass is 749 g/mol. The molecule has 0 atom stereocenters. The van der Waals surface area contributed by atoms with Crippen LogP contribution in [0, 0.1) is 6.92 Å². The van der Waals surface area contributed by atoms with Gasteiger partial charge in [0.2, 0.25) is 11.8 Å². The van der Waals surface area contributed by atoms with E-state index in [2.05, 4.69) is 22.6 Å². The molecule has 2 N–H and O–H groups in total. The number of ether oxygens (including phenoxy) is 3. The summed E-state index contributed by atoms with van der Waals surface area (Å²) in [6.45, 7) is 12.0. The van der Waals surface area contributed by atoms with Crippen LogP contribution in [0.15, 0.2) is 54.6 Å². The van der Waals surface area contributed by atoms with Gasteiger partial charge in [-0.3, -0.25) is 14.4 Å². The van der Waals surface area contributed by atoms with Crippen LogP contribution in [-0.4, -0.2) is 99.2 Å². The topological polar surface area (TPSA) is 130 Å². The zero-order valence-corrected chi connectivity index (χ0v) is 32.8. The maximum atomic E-state index is 13.4. The number of unbranched alkanes of at least 4 members (excludes halogenated alkanes) is 2. The average molecular weight is 750 g/mol. The van der Waals surface area contributed by atoms with Crippen molar-refractivity contribution in [1.82, 2.24) is 15.1 Å². The number of carbonyl (C=O) groups is 4. The van der Waals surface area contributed by atoms with Crippen molar-refractivity contribution in [2.75, 3.05) is 70.2 Å². The zero-order valence-electron chi connectivity index (χ0n) is 32.0. The molecule has 12 nitrogen and oxygen atoms in total. The minimum absolute atomic E-state index is 0.110. The van der Waals surface area contributed by atoms with Crippen LogP contribution in [0.4, 0.5) is 15.5 Å². The van der Waals surface area contributed by atoms with Crippen molar-refractivity contribution in [3.8, 4) is 11.5 Å². The van der Waals surface area contributed by atoms with Crippen LogP contribution in [0.3, 0.4) is 0 Å². The molecule has 0 radical (unpaired) electrons. The number of para-hydroxylation sites is 1. The summed E-state index contributed by atoms with van der Waals surface area (Å²) in [4.78, 5) is 57.6. The Kier molecular flexibility index (Phi) is 15.5. The van der Waals surface area contributed by atoms with Crippen molar-refractivity contribution in [3.05, 3.63) is 70.6 Å². The fourth-order valence-corrected chi connectivity index (χ4v) is 6.52. The minimum Gasteiger partial charge on any atom is -0.493 e. The second-order valence-electron chi connectivity index (χ2n) is 14.3. The number of nitrogens with zero attached hydrogens (tertiary/aromatic N) is 3. The van der Waals surface area contributed by atoms with E-state index in [0.29, 0.717) is 60.4 Å². The highest BCUT2D eigenvalue weighted by atomic mass is 32.1. The molecule has 4 amide bonds. The van der Waals surface area contributed by atoms with Crippen molar-refractivity contribution in [3.63, 3.8) is 0 Å². The van der Waals surface area contributed by atoms with E-state index >= 15 is 0 Å². The number of thiophene rings is 1. The van der Waals surface area contributed by atoms with E-state index in [0.717, 1.165) is 55.9 Å². The third-order valence-corrected chi connectivity index (χ3v) is 9.60. The highest BCUT2D eigenvalue weighted by molar-refractivity contribution is 7.16. The number of hydrogen-bond acceptors (Lipinski definition) is 9. The Morgan fingerprint density at radius 2 is 1.58 bits per heavy atom. The number of benzene rings is 2. The van der Waals surface area contributed by atoms with Gasteiger partial charge in [0, 0.05) is 51.1 Å². The van der Waals surface area contributed by atoms with Crippen LogP contribution in [0.1, 0.15) is 73.7 Å². The van der Waals surface area contributed by atoms with Gasteiger partial charge < -0.3 is 39.5 Å². The van der Waals surface area contributed by atoms with Gasteiger partial charge in [-0.15, -0.1) is 11.3 Å². The summed E-state index contributed by atoms with van der Waals surface area (Å²) < 4.78 is 17.3. The van der Waals surface area contributed by atoms with E-state index in [9.17, 15) is 19.2 Å². The molecule has 2 heterocycles. The average Bonchev–Trinajstić information content (AvgIpc) is 3.55. The number of piperazine rings is 1. The van der Waals surface area contributed by atoms with Crippen molar-refractivity contribution in [1.29, 1.82) is 0 Å². The standard InChI is InChI=1S/C40H55N5O7S/c1-29-16-18-32(34(27-29)51-25-11-7-8-15-36(46)45-23-21-43(5)22-24-45)44(6)37(47)28-30-17-19-35(53-30)42-38(48)31-13-9-10-14-33(31)50-26-12-20-41-39(49)52-40(2,3)4/h9-10,13-14,16-19,27H,7-8,11-12,15,20-26,28H2,1-6H3,(H,41,49)(H,42,48). The molecule has 1 aromatic heterocycles. The lowest BCUT2D eigenvalue weighted by atomic mass is 10.1. The minimum atomic E-state index is -0.570. The third-order valence-electron chi connectivity index (χ3n) is 8.60. The lowest BCUT2D eigenvalue weighted by molar-refractivity contribution is -0.132. The third kappa shape index (κ3) is 13.7. The summed E-state index contributed by atoms with van der Waals surface area (Å²) in [6, 6.07) is 16.4. The largest absolute Gasteiger partial charge is 0.493 e. The Morgan fingerprint density at radius 1 is 0.868 bits per heavy atom. The first kappa shape index (κ1) is 41.1. The van der Waals surface area contributed by atoms with Crippen LogP contribution in [-0.2, 0) is 20.7 Å². The molecule has 1 saturated heterocycles. The molecule has 1 aliphatic heterocycles. The first-order chi connectivity index (χ1) is 25.3. The molecule has 3 aromatic rings. The maximum absolute atomic E-state index is 13.4. The number of likely N-dealkylation sites (N-methyl/N-ethyl adjacent to an activating group) is 2. The van der Waals surface area contributed by atoms with Crippen molar-refractivity contribution in [2.45, 2.75) is 71.8 Å². The summed E-state index contributed by atoms with van der Waals surface area (Å²) in [5.41, 5.74) is 1.53. The number of rotatable bonds is 17. The first-order valence-electron chi connectivity index (χ1n) is 18.3. The number of hydrogen-bond donors (Lipinski definition) is 2. The Hall–Kier alpha value is -4.62. The fraction of sp³-hybridized carbons (Fsp3) is 0.500. The van der Waals surface area contributed by atoms with E-state index in [1.54, 1.807) is 63.1 Å². The molecule has 0 bridgehead atoms. The number of aryl methyl sites for hydroxylation is 1. The lowest BCUT2D eigenvalue weighted by Crippen LogP contribution is -2.47. The van der Waals surface area contributed by atoms with Gasteiger partial charge in [-0.2, -0.15) is 0 Å². The van der Waals surface area contributed by atoms with Gasteiger partial charge in [0.15, 0.2) is 0 Å². The number of amides is 4. The summed E-state index contributed by atoms with van der Waals surface area (Å²) in [5.74, 6) is 0.875. The van der Waals surface area contributed by atoms with Gasteiger partial charge in [0.05, 0.1) is 35.9 Å². The molecule has 0 spiro atoms. The molecule has 2 aromatic carbocycles. The molecule has 13 heteroatoms. The van der Waals surface area contributed by atoms with E-state index in [1.807, 2.05) is 36.1 Å². The second kappa shape index (κ2) is 20.0. The van der Waals surface area contributed by atoms with Crippen LogP contribution >= 0.6 is 11.3 Å². The Labute approximate surface area is 317 Å². The highest BCUT2D eigenvalue weighted by Gasteiger charge is 2.21. The predicted octanol–water partition coefficient (Wildman–Crippen LogP) is 6.52. The maximum Gasteiger partial charge on any atom is 0.407 e. The number of carbonyl (C=O) groups excluding carboxylic acids is 4. The molecule has 0 aliphatic carbocycles. The second-order valence-corrected chi connectivity index (χ2v) is 15.5. The quantitative estimate of drug-likeness (QED) is 0.149. The van der Waals surface area contributed by atoms with E-state index in [4.69, 9.17) is 14.2 Å². The number of nitrogens with one attached hydrogen (secondary N) is 2. The molecule has 1 aliphatic rings. The molecule has 0 unspecified atom stereocenters. The predicted molar refractivity (Wildman–Crippen MR) is 209 cm³/mol. The number of anilines is 2. The van der Waals surface area contributed by atoms with Crippen LogP contribution in [0.25, 0.3) is 0 Å². The summed E-state index contributed by atoms with van der Waals surface area (Å²) in [6.07, 6.45) is 3.29. The lowest BCUT2D eigenvalue weighted by Gasteiger charge is -2.32. The van der Waals surface area contributed by atoms with E-state index in [-0.39, 0.29) is 24.1 Å². The van der Waals surface area contributed by atoms with Crippen molar-refractivity contribution >= 4 is 45.8 Å². The van der Waals surface area contributed by atoms with Gasteiger partial charge in [-0.1, -0.05) is 18.2 Å². The van der Waals surface area contributed by atoms with Gasteiger partial charge in [-0.05, 0) is 102 Å². The molecular weight excluding hydrogens is 695 g/mol. The van der Waals surface area contributed by atoms with Crippen molar-refractivity contribution < 1.29 is 33.4 Å². The molecule has 1 fully saturated rings. The molecule has 4 rings (SSSR count). The normalized spacial score (nSPS) is 13.3. The Morgan fingerprint density at radius 3 is 2.34 bits per heavy atom. The molecule has 0 saturated carbocycles. The molecule has 53 heavy (non-hydrogen) atoms. The summed E-state index contributed by atoms with van der Waals surface area (Å²) in [5, 5.41) is 6.23. The van der Waals surface area contributed by atoms with E-state index < -0.39 is 11.7 Å². The zero-order chi connectivity index (χ0) is 38.4. The van der Waals surface area contributed by atoms with Gasteiger partial charge in [0.1, 0.15) is 17.1 Å². The summed E-state index contributed by atoms with van der Waals surface area (Å²) >= 11 is 1.34. The fourth-order valence-electron chi connectivity index (χ4n) is 5.63. The first-order valence-corrected chi connectivity index (χ1v) is 19.2. The molecular formula is C40H55N5O7S. The van der Waals surface area contributed by atoms with Crippen molar-refractivity contribution in [2.24, 2.45) is 0 Å². The number of alkyl carbamates (subject to hydrolysis) is 1. The van der Waals surface area contributed by atoms with Gasteiger partial charge in [0.25, 0.3) is 5.91 Å². The summed E-state index contributed by atoms with van der Waals surface area (Å²) in [7, 11) is 3.82. The smallest absolute Gasteiger partial charge is 0.407 e. The van der Waals surface area contributed by atoms with Crippen LogP contribution < -0.4 is 25.0 Å². The van der Waals surface area contributed by atoms with E-state index in [1.165, 1.54) is 11.3 Å². The SMILES string of the molecule is Cc1ccc(N(C)C(=O)Cc2ccc(NC(=O)c3ccccc3OCCCNC(=O)OC(C)(C)C)s2)c(OCCCCCC(=O)N2CCN(C)CC2)c1. The van der Waals surface area contributed by atoms with Gasteiger partial charge in [-0.25, -0.2) is 4.79 Å². The molecule has 288 valence electrons. The van der Waals surface area contributed by atoms with Crippen LogP contribution in [0.5, 0.6) is 11.5 Å². The van der Waals surface area contributed by atoms with Crippen LogP contribution in [0.2, 0.25) is 0 Å². The Balaban J connectivity index is 1.22. The Bertz CT molecular complexity index is 1680.